The van der Waals surface area contributed by atoms with Gasteiger partial charge in [-0.1, -0.05) is 23.8 Å². The number of hydrogen-bond donors (Lipinski definition) is 1. The molecule has 4 rings (SSSR count). The summed E-state index contributed by atoms with van der Waals surface area (Å²) in [4.78, 5) is 39.4. The molecule has 0 spiro atoms. The molecule has 0 aromatic heterocycles. The predicted octanol–water partition coefficient (Wildman–Crippen LogP) is 2.32. The molecule has 1 unspecified atom stereocenters. The lowest BCUT2D eigenvalue weighted by atomic mass is 10.0. The van der Waals surface area contributed by atoms with Crippen LogP contribution in [0.25, 0.3) is 0 Å². The van der Waals surface area contributed by atoms with E-state index in [2.05, 4.69) is 5.32 Å². The van der Waals surface area contributed by atoms with Crippen LogP contribution in [0.3, 0.4) is 0 Å². The second-order valence-electron chi connectivity index (χ2n) is 10.1. The van der Waals surface area contributed by atoms with Crippen LogP contribution in [0.4, 0.5) is 0 Å². The van der Waals surface area contributed by atoms with Crippen LogP contribution in [0.5, 0.6) is 0 Å². The average molecular weight is 651 g/mol. The quantitative estimate of drug-likeness (QED) is 0.103. The fourth-order valence-electron chi connectivity index (χ4n) is 4.64. The molecule has 1 N–H and O–H groups in total. The van der Waals surface area contributed by atoms with Crippen LogP contribution in [-0.2, 0) is 49.4 Å². The summed E-state index contributed by atoms with van der Waals surface area (Å²) in [6, 6.07) is 11.4. The third-order valence-electron chi connectivity index (χ3n) is 6.92. The van der Waals surface area contributed by atoms with E-state index < -0.39 is 22.1 Å². The van der Waals surface area contributed by atoms with Crippen LogP contribution in [-0.4, -0.2) is 102 Å². The van der Waals surface area contributed by atoms with Gasteiger partial charge in [0.2, 0.25) is 11.8 Å². The molecule has 0 radical (unpaired) electrons. The first-order chi connectivity index (χ1) is 21.3. The maximum Gasteiger partial charge on any atom is 0.297 e. The standard InChI is InChI=1S/C30H38N2O10S2/c1-22-5-7-23(8-6-22)44(36,37)42-18-17-40-14-13-38-11-12-39-15-16-41-19-20-43-27-4-2-3-24-25(27)21-32(30(24)35)26-9-10-28(33)31-29(26)34/h2-8,26H,9-21H2,1H3,(H,31,33,34). The molecule has 0 saturated carbocycles. The molecule has 1 fully saturated rings. The SMILES string of the molecule is Cc1ccc(S(=O)(=O)OCCOCCOCCOCCOCCSc2cccc3c2CN(C2CCC(=O)NC2=O)C3=O)cc1. The van der Waals surface area contributed by atoms with Crippen LogP contribution >= 0.6 is 11.8 Å². The Labute approximate surface area is 261 Å². The van der Waals surface area contributed by atoms with Gasteiger partial charge < -0.3 is 23.8 Å². The molecular weight excluding hydrogens is 612 g/mol. The minimum Gasteiger partial charge on any atom is -0.378 e. The summed E-state index contributed by atoms with van der Waals surface area (Å²) < 4.78 is 51.1. The summed E-state index contributed by atoms with van der Waals surface area (Å²) in [6.45, 7) is 5.10. The first-order valence-electron chi connectivity index (χ1n) is 14.4. The summed E-state index contributed by atoms with van der Waals surface area (Å²) in [6.07, 6.45) is 0.565. The first-order valence-corrected chi connectivity index (χ1v) is 16.8. The second kappa shape index (κ2) is 17.0. The Morgan fingerprint density at radius 2 is 1.45 bits per heavy atom. The van der Waals surface area contributed by atoms with Crippen molar-refractivity contribution >= 4 is 39.6 Å². The summed E-state index contributed by atoms with van der Waals surface area (Å²) in [5.74, 6) is -0.212. The molecule has 12 nitrogen and oxygen atoms in total. The molecule has 14 heteroatoms. The van der Waals surface area contributed by atoms with Crippen molar-refractivity contribution in [2.24, 2.45) is 0 Å². The molecule has 3 amide bonds. The van der Waals surface area contributed by atoms with Crippen LogP contribution < -0.4 is 5.32 Å². The highest BCUT2D eigenvalue weighted by atomic mass is 32.2. The van der Waals surface area contributed by atoms with Crippen LogP contribution in [0, 0.1) is 6.92 Å². The van der Waals surface area contributed by atoms with Crippen molar-refractivity contribution in [2.45, 2.75) is 42.1 Å². The Hall–Kier alpha value is -2.85. The minimum absolute atomic E-state index is 0.0752. The zero-order valence-electron chi connectivity index (χ0n) is 24.7. The van der Waals surface area contributed by atoms with E-state index in [1.807, 2.05) is 19.1 Å². The Kier molecular flexibility index (Phi) is 13.2. The Morgan fingerprint density at radius 3 is 2.09 bits per heavy atom. The molecule has 2 aliphatic heterocycles. The molecule has 240 valence electrons. The number of hydrogen-bond acceptors (Lipinski definition) is 11. The van der Waals surface area contributed by atoms with Gasteiger partial charge in [-0.2, -0.15) is 8.42 Å². The van der Waals surface area contributed by atoms with E-state index in [0.717, 1.165) is 16.0 Å². The molecular formula is C30H38N2O10S2. The molecule has 1 atom stereocenters. The van der Waals surface area contributed by atoms with Crippen LogP contribution in [0.15, 0.2) is 52.3 Å². The normalized spacial score (nSPS) is 16.8. The van der Waals surface area contributed by atoms with E-state index >= 15 is 0 Å². The van der Waals surface area contributed by atoms with E-state index in [-0.39, 0.29) is 36.3 Å². The van der Waals surface area contributed by atoms with Crippen molar-refractivity contribution in [2.75, 3.05) is 65.2 Å². The number of aryl methyl sites for hydroxylation is 1. The van der Waals surface area contributed by atoms with E-state index in [1.165, 1.54) is 12.1 Å². The fourth-order valence-corrected chi connectivity index (χ4v) is 6.48. The van der Waals surface area contributed by atoms with Gasteiger partial charge in [-0.15, -0.1) is 11.8 Å². The topological polar surface area (TPSA) is 147 Å². The highest BCUT2D eigenvalue weighted by Gasteiger charge is 2.39. The smallest absolute Gasteiger partial charge is 0.297 e. The number of carbonyl (C=O) groups excluding carboxylic acids is 3. The molecule has 2 aromatic rings. The minimum atomic E-state index is -3.79. The summed E-state index contributed by atoms with van der Waals surface area (Å²) in [5.41, 5.74) is 2.47. The monoisotopic (exact) mass is 650 g/mol. The summed E-state index contributed by atoms with van der Waals surface area (Å²) in [7, 11) is -3.79. The number of ether oxygens (including phenoxy) is 4. The van der Waals surface area contributed by atoms with E-state index in [4.69, 9.17) is 23.1 Å². The van der Waals surface area contributed by atoms with Crippen molar-refractivity contribution in [3.05, 3.63) is 59.2 Å². The van der Waals surface area contributed by atoms with Gasteiger partial charge in [-0.3, -0.25) is 23.9 Å². The lowest BCUT2D eigenvalue weighted by Gasteiger charge is -2.29. The zero-order valence-corrected chi connectivity index (χ0v) is 26.3. The van der Waals surface area contributed by atoms with Gasteiger partial charge in [-0.25, -0.2) is 0 Å². The predicted molar refractivity (Wildman–Crippen MR) is 161 cm³/mol. The van der Waals surface area contributed by atoms with Crippen molar-refractivity contribution < 1.29 is 45.9 Å². The molecule has 0 aliphatic carbocycles. The molecule has 2 aliphatic rings. The number of imide groups is 1. The second-order valence-corrected chi connectivity index (χ2v) is 12.8. The zero-order chi connectivity index (χ0) is 31.4. The molecule has 0 bridgehead atoms. The van der Waals surface area contributed by atoms with E-state index in [0.29, 0.717) is 70.5 Å². The number of piperidine rings is 1. The Morgan fingerprint density at radius 1 is 0.841 bits per heavy atom. The van der Waals surface area contributed by atoms with Gasteiger partial charge in [0.15, 0.2) is 0 Å². The van der Waals surface area contributed by atoms with Crippen molar-refractivity contribution in [3.63, 3.8) is 0 Å². The van der Waals surface area contributed by atoms with Crippen LogP contribution in [0.1, 0.15) is 34.3 Å². The van der Waals surface area contributed by atoms with Gasteiger partial charge >= 0.3 is 0 Å². The molecule has 1 saturated heterocycles. The van der Waals surface area contributed by atoms with Crippen LogP contribution in [0.2, 0.25) is 0 Å². The fraction of sp³-hybridized carbons (Fsp3) is 0.500. The number of rotatable bonds is 19. The summed E-state index contributed by atoms with van der Waals surface area (Å²) >= 11 is 1.59. The molecule has 2 aromatic carbocycles. The number of fused-ring (bicyclic) bond motifs is 1. The van der Waals surface area contributed by atoms with Gasteiger partial charge in [0, 0.05) is 29.2 Å². The number of nitrogens with zero attached hydrogens (tertiary/aromatic N) is 1. The van der Waals surface area contributed by atoms with Gasteiger partial charge in [-0.05, 0) is 43.2 Å². The number of nitrogens with one attached hydrogen (secondary N) is 1. The Bertz CT molecular complexity index is 1380. The third kappa shape index (κ3) is 9.83. The number of thioether (sulfide) groups is 1. The van der Waals surface area contributed by atoms with Gasteiger partial charge in [0.25, 0.3) is 16.0 Å². The van der Waals surface area contributed by atoms with Crippen molar-refractivity contribution in [1.82, 2.24) is 10.2 Å². The lowest BCUT2D eigenvalue weighted by Crippen LogP contribution is -2.52. The highest BCUT2D eigenvalue weighted by molar-refractivity contribution is 7.99. The van der Waals surface area contributed by atoms with Gasteiger partial charge in [0.1, 0.15) is 6.04 Å². The van der Waals surface area contributed by atoms with E-state index in [9.17, 15) is 22.8 Å². The number of benzene rings is 2. The number of carbonyl (C=O) groups is 3. The average Bonchev–Trinajstić information content (AvgIpc) is 3.33. The highest BCUT2D eigenvalue weighted by Crippen LogP contribution is 2.34. The van der Waals surface area contributed by atoms with Crippen molar-refractivity contribution in [1.29, 1.82) is 0 Å². The first kappa shape index (κ1) is 34.0. The maximum atomic E-state index is 12.9. The summed E-state index contributed by atoms with van der Waals surface area (Å²) in [5, 5.41) is 2.33. The third-order valence-corrected chi connectivity index (χ3v) is 9.31. The van der Waals surface area contributed by atoms with Gasteiger partial charge in [0.05, 0.1) is 64.4 Å². The largest absolute Gasteiger partial charge is 0.378 e. The van der Waals surface area contributed by atoms with Crippen molar-refractivity contribution in [3.8, 4) is 0 Å². The Balaban J connectivity index is 0.982. The maximum absolute atomic E-state index is 12.9. The molecule has 44 heavy (non-hydrogen) atoms. The van der Waals surface area contributed by atoms with E-state index in [1.54, 1.807) is 34.9 Å². The lowest BCUT2D eigenvalue weighted by molar-refractivity contribution is -0.136. The number of amides is 3. The molecule has 2 heterocycles.